The van der Waals surface area contributed by atoms with Crippen LogP contribution in [0, 0.1) is 12.7 Å². The fourth-order valence-corrected chi connectivity index (χ4v) is 3.42. The van der Waals surface area contributed by atoms with Crippen LogP contribution >= 0.6 is 0 Å². The highest BCUT2D eigenvalue weighted by Gasteiger charge is 2.33. The number of hydrogen-bond donors (Lipinski definition) is 0. The van der Waals surface area contributed by atoms with E-state index in [1.807, 2.05) is 6.92 Å². The van der Waals surface area contributed by atoms with Crippen LogP contribution in [0.5, 0.6) is 0 Å². The van der Waals surface area contributed by atoms with Crippen LogP contribution in [-0.2, 0) is 6.54 Å². The molecule has 0 N–H and O–H groups in total. The van der Waals surface area contributed by atoms with Crippen molar-refractivity contribution in [1.82, 2.24) is 19.9 Å². The van der Waals surface area contributed by atoms with Crippen LogP contribution in [0.2, 0.25) is 0 Å². The number of alkyl halides is 2. The van der Waals surface area contributed by atoms with Gasteiger partial charge in [0, 0.05) is 17.7 Å². The van der Waals surface area contributed by atoms with Gasteiger partial charge in [0.25, 0.3) is 5.91 Å². The first-order chi connectivity index (χ1) is 13.5. The predicted octanol–water partition coefficient (Wildman–Crippen LogP) is 3.65. The van der Waals surface area contributed by atoms with Gasteiger partial charge in [-0.25, -0.2) is 17.9 Å². The van der Waals surface area contributed by atoms with E-state index in [9.17, 15) is 18.0 Å². The molecule has 1 amide bonds. The van der Waals surface area contributed by atoms with E-state index in [1.165, 1.54) is 17.0 Å². The topological polar surface area (TPSA) is 51.0 Å². The predicted molar refractivity (Wildman–Crippen MR) is 97.1 cm³/mol. The number of fused-ring (bicyclic) bond motifs is 1. The molecule has 3 aromatic rings. The molecular formula is C20H17F3N4O. The Morgan fingerprint density at radius 1 is 1.11 bits per heavy atom. The Kier molecular flexibility index (Phi) is 4.62. The maximum absolute atomic E-state index is 13.1. The molecule has 144 valence electrons. The Morgan fingerprint density at radius 3 is 2.50 bits per heavy atom. The number of halogens is 3. The largest absolute Gasteiger partial charge is 0.326 e. The lowest BCUT2D eigenvalue weighted by atomic mass is 10.0. The molecule has 0 atom stereocenters. The summed E-state index contributed by atoms with van der Waals surface area (Å²) in [5.74, 6) is -0.706. The van der Waals surface area contributed by atoms with E-state index >= 15 is 0 Å². The summed E-state index contributed by atoms with van der Waals surface area (Å²) in [5, 5.41) is 8.35. The van der Waals surface area contributed by atoms with E-state index in [2.05, 4.69) is 10.3 Å². The summed E-state index contributed by atoms with van der Waals surface area (Å²) in [6.45, 7) is 0.152. The SMILES string of the molecule is Cc1c(-c2ccc3c(c2)CN(C(CF)CF)C3=O)nnn1-c1ccc(F)cc1. The molecule has 1 aliphatic heterocycles. The molecule has 1 aliphatic rings. The minimum Gasteiger partial charge on any atom is -0.326 e. The van der Waals surface area contributed by atoms with Gasteiger partial charge in [0.2, 0.25) is 0 Å². The van der Waals surface area contributed by atoms with Crippen LogP contribution in [0.3, 0.4) is 0 Å². The van der Waals surface area contributed by atoms with Crippen LogP contribution in [-0.4, -0.2) is 45.2 Å². The molecule has 0 spiro atoms. The van der Waals surface area contributed by atoms with Gasteiger partial charge < -0.3 is 4.90 Å². The zero-order chi connectivity index (χ0) is 19.8. The summed E-state index contributed by atoms with van der Waals surface area (Å²) in [5.41, 5.74) is 3.93. The standard InChI is InChI=1S/C20H17F3N4O/c1-12-19(24-25-27(12)16-5-3-15(23)4-6-16)13-2-7-18-14(8-13)11-26(20(18)28)17(9-21)10-22/h2-8,17H,9-11H2,1H3. The summed E-state index contributed by atoms with van der Waals surface area (Å²) < 4.78 is 40.8. The molecule has 0 saturated carbocycles. The van der Waals surface area contributed by atoms with E-state index < -0.39 is 19.4 Å². The van der Waals surface area contributed by atoms with E-state index in [1.54, 1.807) is 35.0 Å². The van der Waals surface area contributed by atoms with E-state index in [0.29, 0.717) is 22.5 Å². The van der Waals surface area contributed by atoms with Crippen molar-refractivity contribution < 1.29 is 18.0 Å². The number of hydrogen-bond acceptors (Lipinski definition) is 3. The van der Waals surface area contributed by atoms with Gasteiger partial charge in [0.1, 0.15) is 24.9 Å². The highest BCUT2D eigenvalue weighted by atomic mass is 19.1. The second-order valence-electron chi connectivity index (χ2n) is 6.68. The van der Waals surface area contributed by atoms with Crippen LogP contribution in [0.4, 0.5) is 13.2 Å². The van der Waals surface area contributed by atoms with Gasteiger partial charge in [-0.05, 0) is 48.9 Å². The van der Waals surface area contributed by atoms with E-state index in [4.69, 9.17) is 0 Å². The summed E-state index contributed by atoms with van der Waals surface area (Å²) in [4.78, 5) is 13.6. The van der Waals surface area contributed by atoms with Crippen molar-refractivity contribution in [3.05, 3.63) is 65.1 Å². The fourth-order valence-electron chi connectivity index (χ4n) is 3.42. The first kappa shape index (κ1) is 18.2. The molecule has 28 heavy (non-hydrogen) atoms. The molecule has 4 rings (SSSR count). The molecule has 0 radical (unpaired) electrons. The second-order valence-corrected chi connectivity index (χ2v) is 6.68. The van der Waals surface area contributed by atoms with Crippen molar-refractivity contribution >= 4 is 5.91 Å². The monoisotopic (exact) mass is 386 g/mol. The number of carbonyl (C=O) groups excluding carboxylic acids is 1. The molecule has 0 fully saturated rings. The second kappa shape index (κ2) is 7.10. The van der Waals surface area contributed by atoms with Crippen LogP contribution in [0.25, 0.3) is 16.9 Å². The van der Waals surface area contributed by atoms with Crippen molar-refractivity contribution in [3.8, 4) is 16.9 Å². The molecule has 0 saturated heterocycles. The molecule has 5 nitrogen and oxygen atoms in total. The smallest absolute Gasteiger partial charge is 0.254 e. The van der Waals surface area contributed by atoms with Crippen molar-refractivity contribution in [2.45, 2.75) is 19.5 Å². The zero-order valence-corrected chi connectivity index (χ0v) is 15.1. The first-order valence-electron chi connectivity index (χ1n) is 8.78. The van der Waals surface area contributed by atoms with Gasteiger partial charge in [0.05, 0.1) is 17.4 Å². The van der Waals surface area contributed by atoms with Crippen LogP contribution < -0.4 is 0 Å². The van der Waals surface area contributed by atoms with Gasteiger partial charge in [-0.1, -0.05) is 11.3 Å². The first-order valence-corrected chi connectivity index (χ1v) is 8.78. The molecule has 0 aliphatic carbocycles. The minimum atomic E-state index is -1.07. The Hall–Kier alpha value is -3.16. The van der Waals surface area contributed by atoms with Gasteiger partial charge in [-0.3, -0.25) is 4.79 Å². The van der Waals surface area contributed by atoms with Crippen molar-refractivity contribution in [3.63, 3.8) is 0 Å². The Bertz CT molecular complexity index is 1030. The summed E-state index contributed by atoms with van der Waals surface area (Å²) in [7, 11) is 0. The van der Waals surface area contributed by atoms with Crippen molar-refractivity contribution in [2.75, 3.05) is 13.3 Å². The lowest BCUT2D eigenvalue weighted by Crippen LogP contribution is -2.38. The third-order valence-corrected chi connectivity index (χ3v) is 4.97. The number of amides is 1. The Labute approximate surface area is 159 Å². The number of rotatable bonds is 5. The maximum atomic E-state index is 13.1. The molecule has 1 aromatic heterocycles. The lowest BCUT2D eigenvalue weighted by Gasteiger charge is -2.22. The number of carbonyl (C=O) groups is 1. The summed E-state index contributed by atoms with van der Waals surface area (Å²) >= 11 is 0. The van der Waals surface area contributed by atoms with Crippen molar-refractivity contribution in [2.24, 2.45) is 0 Å². The quantitative estimate of drug-likeness (QED) is 0.673. The highest BCUT2D eigenvalue weighted by molar-refractivity contribution is 5.99. The van der Waals surface area contributed by atoms with Gasteiger partial charge in [-0.2, -0.15) is 0 Å². The van der Waals surface area contributed by atoms with E-state index in [-0.39, 0.29) is 18.3 Å². The summed E-state index contributed by atoms with van der Waals surface area (Å²) in [6.07, 6.45) is 0. The Morgan fingerprint density at radius 2 is 1.82 bits per heavy atom. The van der Waals surface area contributed by atoms with Gasteiger partial charge in [-0.15, -0.1) is 5.10 Å². The average molecular weight is 386 g/mol. The van der Waals surface area contributed by atoms with Crippen molar-refractivity contribution in [1.29, 1.82) is 0 Å². The maximum Gasteiger partial charge on any atom is 0.254 e. The lowest BCUT2D eigenvalue weighted by molar-refractivity contribution is 0.0637. The third-order valence-electron chi connectivity index (χ3n) is 4.97. The average Bonchev–Trinajstić information content (AvgIpc) is 3.24. The van der Waals surface area contributed by atoms with Gasteiger partial charge >= 0.3 is 0 Å². The molecular weight excluding hydrogens is 369 g/mol. The normalized spacial score (nSPS) is 13.5. The van der Waals surface area contributed by atoms with Crippen LogP contribution in [0.1, 0.15) is 21.6 Å². The number of nitrogens with zero attached hydrogens (tertiary/aromatic N) is 4. The molecule has 2 heterocycles. The fraction of sp³-hybridized carbons (Fsp3) is 0.250. The van der Waals surface area contributed by atoms with Crippen LogP contribution in [0.15, 0.2) is 42.5 Å². The van der Waals surface area contributed by atoms with E-state index in [0.717, 1.165) is 11.3 Å². The number of aromatic nitrogens is 3. The summed E-state index contributed by atoms with van der Waals surface area (Å²) in [6, 6.07) is 10.0. The molecule has 0 unspecified atom stereocenters. The highest BCUT2D eigenvalue weighted by Crippen LogP contribution is 2.30. The molecule has 2 aromatic carbocycles. The minimum absolute atomic E-state index is 0.158. The Balaban J connectivity index is 1.67. The molecule has 8 heteroatoms. The zero-order valence-electron chi connectivity index (χ0n) is 15.1. The number of benzene rings is 2. The molecule has 0 bridgehead atoms. The third kappa shape index (κ3) is 2.94. The van der Waals surface area contributed by atoms with Gasteiger partial charge in [0.15, 0.2) is 0 Å².